The van der Waals surface area contributed by atoms with Gasteiger partial charge >= 0.3 is 6.03 Å². The summed E-state index contributed by atoms with van der Waals surface area (Å²) in [6.45, 7) is 1.97. The lowest BCUT2D eigenvalue weighted by molar-refractivity contribution is 0.248. The number of nitrogens with one attached hydrogen (secondary N) is 2. The first-order valence-electron chi connectivity index (χ1n) is 5.99. The molecule has 2 N–H and O–H groups in total. The van der Waals surface area contributed by atoms with Crippen molar-refractivity contribution in [2.75, 3.05) is 5.32 Å². The Morgan fingerprint density at radius 1 is 1.35 bits per heavy atom. The molecule has 0 heterocycles. The molecule has 1 fully saturated rings. The van der Waals surface area contributed by atoms with E-state index >= 15 is 0 Å². The van der Waals surface area contributed by atoms with Crippen LogP contribution in [0.1, 0.15) is 31.2 Å². The van der Waals surface area contributed by atoms with Crippen LogP contribution < -0.4 is 10.6 Å². The Balaban J connectivity index is 1.93. The second-order valence-corrected chi connectivity index (χ2v) is 4.97. The Hall–Kier alpha value is -1.22. The smallest absolute Gasteiger partial charge is 0.319 e. The monoisotopic (exact) mass is 252 g/mol. The van der Waals surface area contributed by atoms with Gasteiger partial charge in [-0.05, 0) is 37.5 Å². The number of carbonyl (C=O) groups is 1. The lowest BCUT2D eigenvalue weighted by Gasteiger charge is -2.13. The summed E-state index contributed by atoms with van der Waals surface area (Å²) in [5, 5.41) is 6.32. The van der Waals surface area contributed by atoms with E-state index in [-0.39, 0.29) is 6.03 Å². The van der Waals surface area contributed by atoms with Gasteiger partial charge in [-0.2, -0.15) is 0 Å². The first-order chi connectivity index (χ1) is 8.15. The quantitative estimate of drug-likeness (QED) is 0.828. The van der Waals surface area contributed by atoms with Crippen LogP contribution in [0.15, 0.2) is 18.2 Å². The van der Waals surface area contributed by atoms with Crippen molar-refractivity contribution in [2.24, 2.45) is 0 Å². The molecule has 1 aliphatic carbocycles. The highest BCUT2D eigenvalue weighted by Crippen LogP contribution is 2.23. The molecule has 0 spiro atoms. The molecule has 0 aromatic heterocycles. The normalized spacial score (nSPS) is 15.9. The predicted octanol–water partition coefficient (Wildman–Crippen LogP) is 3.71. The van der Waals surface area contributed by atoms with E-state index in [9.17, 15) is 4.79 Å². The fourth-order valence-corrected chi connectivity index (χ4v) is 2.42. The van der Waals surface area contributed by atoms with Crippen molar-refractivity contribution in [3.8, 4) is 0 Å². The number of hydrogen-bond donors (Lipinski definition) is 2. The summed E-state index contributed by atoms with van der Waals surface area (Å²) in [6.07, 6.45) is 4.57. The molecule has 0 saturated heterocycles. The van der Waals surface area contributed by atoms with Gasteiger partial charge in [0.05, 0.1) is 10.7 Å². The van der Waals surface area contributed by atoms with Crippen molar-refractivity contribution in [3.05, 3.63) is 28.8 Å². The zero-order valence-corrected chi connectivity index (χ0v) is 10.7. The minimum atomic E-state index is -0.164. The van der Waals surface area contributed by atoms with Crippen molar-refractivity contribution < 1.29 is 4.79 Å². The molecule has 2 rings (SSSR count). The summed E-state index contributed by atoms with van der Waals surface area (Å²) in [4.78, 5) is 11.7. The van der Waals surface area contributed by atoms with Gasteiger partial charge in [0.25, 0.3) is 0 Å². The molecule has 0 aliphatic heterocycles. The minimum Gasteiger partial charge on any atom is -0.335 e. The summed E-state index contributed by atoms with van der Waals surface area (Å²) in [7, 11) is 0. The van der Waals surface area contributed by atoms with Gasteiger partial charge in [-0.15, -0.1) is 0 Å². The third-order valence-electron chi connectivity index (χ3n) is 3.06. The number of hydrogen-bond acceptors (Lipinski definition) is 1. The maximum atomic E-state index is 11.7. The first-order valence-corrected chi connectivity index (χ1v) is 6.36. The van der Waals surface area contributed by atoms with Gasteiger partial charge in [0, 0.05) is 6.04 Å². The molecule has 1 saturated carbocycles. The number of aryl methyl sites for hydroxylation is 1. The van der Waals surface area contributed by atoms with E-state index in [1.54, 1.807) is 0 Å². The van der Waals surface area contributed by atoms with Crippen LogP contribution in [0, 0.1) is 6.92 Å². The van der Waals surface area contributed by atoms with Crippen LogP contribution in [0.25, 0.3) is 0 Å². The first kappa shape index (κ1) is 12.2. The van der Waals surface area contributed by atoms with Gasteiger partial charge in [0.2, 0.25) is 0 Å². The van der Waals surface area contributed by atoms with Crippen molar-refractivity contribution >= 4 is 23.3 Å². The van der Waals surface area contributed by atoms with E-state index < -0.39 is 0 Å². The molecule has 1 aliphatic rings. The van der Waals surface area contributed by atoms with E-state index in [0.717, 1.165) is 18.4 Å². The molecule has 4 heteroatoms. The van der Waals surface area contributed by atoms with E-state index in [4.69, 9.17) is 11.6 Å². The summed E-state index contributed by atoms with van der Waals surface area (Å²) >= 11 is 6.05. The Bertz CT molecular complexity index is 414. The summed E-state index contributed by atoms with van der Waals surface area (Å²) in [5.41, 5.74) is 1.74. The molecule has 17 heavy (non-hydrogen) atoms. The lowest BCUT2D eigenvalue weighted by atomic mass is 10.2. The van der Waals surface area contributed by atoms with Crippen LogP contribution in [0.3, 0.4) is 0 Å². The topological polar surface area (TPSA) is 41.1 Å². The molecule has 1 aromatic rings. The number of rotatable bonds is 2. The third kappa shape index (κ3) is 3.37. The maximum absolute atomic E-state index is 11.7. The number of benzene rings is 1. The summed E-state index contributed by atoms with van der Waals surface area (Å²) < 4.78 is 0. The van der Waals surface area contributed by atoms with Gasteiger partial charge in [-0.1, -0.05) is 30.5 Å². The summed E-state index contributed by atoms with van der Waals surface area (Å²) in [6, 6.07) is 5.75. The highest BCUT2D eigenvalue weighted by atomic mass is 35.5. The van der Waals surface area contributed by atoms with E-state index in [0.29, 0.717) is 16.8 Å². The third-order valence-corrected chi connectivity index (χ3v) is 3.38. The average Bonchev–Trinajstić information content (AvgIpc) is 2.75. The van der Waals surface area contributed by atoms with Crippen LogP contribution in [0.4, 0.5) is 10.5 Å². The molecular weight excluding hydrogens is 236 g/mol. The van der Waals surface area contributed by atoms with Gasteiger partial charge in [-0.3, -0.25) is 0 Å². The maximum Gasteiger partial charge on any atom is 0.319 e. The molecule has 1 aromatic carbocycles. The second-order valence-electron chi connectivity index (χ2n) is 4.56. The van der Waals surface area contributed by atoms with Crippen LogP contribution in [0.5, 0.6) is 0 Å². The number of urea groups is 1. The Morgan fingerprint density at radius 2 is 2.06 bits per heavy atom. The van der Waals surface area contributed by atoms with Crippen molar-refractivity contribution in [3.63, 3.8) is 0 Å². The fraction of sp³-hybridized carbons (Fsp3) is 0.462. The van der Waals surface area contributed by atoms with Crippen LogP contribution in [0.2, 0.25) is 5.02 Å². The number of carbonyl (C=O) groups excluding carboxylic acids is 1. The van der Waals surface area contributed by atoms with Gasteiger partial charge in [0.1, 0.15) is 0 Å². The van der Waals surface area contributed by atoms with Gasteiger partial charge in [0.15, 0.2) is 0 Å². The number of anilines is 1. The van der Waals surface area contributed by atoms with Crippen LogP contribution in [-0.4, -0.2) is 12.1 Å². The number of halogens is 1. The van der Waals surface area contributed by atoms with Crippen molar-refractivity contribution in [1.82, 2.24) is 5.32 Å². The molecule has 0 bridgehead atoms. The Morgan fingerprint density at radius 3 is 2.71 bits per heavy atom. The second kappa shape index (κ2) is 5.41. The largest absolute Gasteiger partial charge is 0.335 e. The lowest BCUT2D eigenvalue weighted by Crippen LogP contribution is -2.36. The standard InChI is InChI=1S/C13H17ClN2O/c1-9-6-7-12(11(14)8-9)16-13(17)15-10-4-2-3-5-10/h6-8,10H,2-5H2,1H3,(H2,15,16,17). The van der Waals surface area contributed by atoms with Crippen LogP contribution in [-0.2, 0) is 0 Å². The van der Waals surface area contributed by atoms with Crippen molar-refractivity contribution in [1.29, 1.82) is 0 Å². The van der Waals surface area contributed by atoms with Gasteiger partial charge < -0.3 is 10.6 Å². The molecule has 0 radical (unpaired) electrons. The Labute approximate surface area is 107 Å². The Kier molecular flexibility index (Phi) is 3.89. The van der Waals surface area contributed by atoms with E-state index in [2.05, 4.69) is 10.6 Å². The SMILES string of the molecule is Cc1ccc(NC(=O)NC2CCCC2)c(Cl)c1. The van der Waals surface area contributed by atoms with Crippen molar-refractivity contribution in [2.45, 2.75) is 38.6 Å². The minimum absolute atomic E-state index is 0.164. The average molecular weight is 253 g/mol. The predicted molar refractivity (Wildman–Crippen MR) is 70.6 cm³/mol. The summed E-state index contributed by atoms with van der Waals surface area (Å²) in [5.74, 6) is 0. The fourth-order valence-electron chi connectivity index (χ4n) is 2.14. The molecular formula is C13H17ClN2O. The van der Waals surface area contributed by atoms with Gasteiger partial charge in [-0.25, -0.2) is 4.79 Å². The zero-order chi connectivity index (χ0) is 12.3. The van der Waals surface area contributed by atoms with Crippen LogP contribution >= 0.6 is 11.6 Å². The number of amides is 2. The van der Waals surface area contributed by atoms with E-state index in [1.165, 1.54) is 12.8 Å². The molecule has 0 atom stereocenters. The van der Waals surface area contributed by atoms with E-state index in [1.807, 2.05) is 25.1 Å². The molecule has 0 unspecified atom stereocenters. The molecule has 2 amide bonds. The molecule has 3 nitrogen and oxygen atoms in total. The highest BCUT2D eigenvalue weighted by Gasteiger charge is 2.17. The highest BCUT2D eigenvalue weighted by molar-refractivity contribution is 6.33. The zero-order valence-electron chi connectivity index (χ0n) is 9.92. The molecule has 92 valence electrons.